The number of para-hydroxylation sites is 1. The first-order valence-electron chi connectivity index (χ1n) is 9.56. The molecule has 0 heterocycles. The van der Waals surface area contributed by atoms with Crippen molar-refractivity contribution in [2.75, 3.05) is 32.1 Å². The summed E-state index contributed by atoms with van der Waals surface area (Å²) in [6.45, 7) is 8.28. The van der Waals surface area contributed by atoms with E-state index in [4.69, 9.17) is 9.47 Å². The summed E-state index contributed by atoms with van der Waals surface area (Å²) >= 11 is 0. The van der Waals surface area contributed by atoms with Crippen LogP contribution in [0.4, 0.5) is 5.69 Å². The van der Waals surface area contributed by atoms with E-state index < -0.39 is 0 Å². The van der Waals surface area contributed by atoms with Gasteiger partial charge in [-0.1, -0.05) is 37.8 Å². The van der Waals surface area contributed by atoms with Crippen LogP contribution in [0.15, 0.2) is 55.1 Å². The quantitative estimate of drug-likeness (QED) is 0.615. The van der Waals surface area contributed by atoms with Crippen LogP contribution in [0, 0.1) is 6.92 Å². The number of nitrogens with one attached hydrogen (secondary N) is 1. The normalized spacial score (nSPS) is 10.2. The lowest BCUT2D eigenvalue weighted by Gasteiger charge is -2.22. The third kappa shape index (κ3) is 6.10. The van der Waals surface area contributed by atoms with E-state index in [0.717, 1.165) is 17.7 Å². The van der Waals surface area contributed by atoms with Crippen molar-refractivity contribution in [1.82, 2.24) is 4.90 Å². The first-order valence-corrected chi connectivity index (χ1v) is 9.56. The van der Waals surface area contributed by atoms with Gasteiger partial charge in [-0.05, 0) is 43.2 Å². The second kappa shape index (κ2) is 10.9. The molecule has 0 fully saturated rings. The van der Waals surface area contributed by atoms with E-state index in [1.54, 1.807) is 24.3 Å². The van der Waals surface area contributed by atoms with Gasteiger partial charge in [0, 0.05) is 17.8 Å². The lowest BCUT2D eigenvalue weighted by Crippen LogP contribution is -2.38. The van der Waals surface area contributed by atoms with Crippen LogP contribution >= 0.6 is 0 Å². The molecule has 6 heteroatoms. The fourth-order valence-electron chi connectivity index (χ4n) is 2.85. The van der Waals surface area contributed by atoms with Crippen LogP contribution in [0.5, 0.6) is 11.5 Å². The summed E-state index contributed by atoms with van der Waals surface area (Å²) in [5.74, 6) is 0.515. The highest BCUT2D eigenvalue weighted by molar-refractivity contribution is 6.00. The molecule has 2 rings (SSSR count). The van der Waals surface area contributed by atoms with Crippen molar-refractivity contribution in [3.8, 4) is 11.5 Å². The molecule has 6 nitrogen and oxygen atoms in total. The van der Waals surface area contributed by atoms with Gasteiger partial charge in [0.1, 0.15) is 13.2 Å². The average Bonchev–Trinajstić information content (AvgIpc) is 2.73. The first-order chi connectivity index (χ1) is 14.0. The molecule has 1 N–H and O–H groups in total. The van der Waals surface area contributed by atoms with E-state index >= 15 is 0 Å². The number of amides is 2. The number of anilines is 1. The van der Waals surface area contributed by atoms with Crippen molar-refractivity contribution in [2.45, 2.75) is 20.3 Å². The van der Waals surface area contributed by atoms with Gasteiger partial charge >= 0.3 is 0 Å². The van der Waals surface area contributed by atoms with Crippen LogP contribution in [-0.4, -0.2) is 43.5 Å². The zero-order valence-corrected chi connectivity index (χ0v) is 17.2. The maximum Gasteiger partial charge on any atom is 0.254 e. The zero-order chi connectivity index (χ0) is 21.2. The second-order valence-electron chi connectivity index (χ2n) is 6.56. The van der Waals surface area contributed by atoms with Gasteiger partial charge in [-0.25, -0.2) is 0 Å². The number of nitrogens with zero attached hydrogens (tertiary/aromatic N) is 1. The molecule has 0 radical (unpaired) electrons. The average molecular weight is 396 g/mol. The smallest absolute Gasteiger partial charge is 0.254 e. The molecule has 0 atom stereocenters. The number of hydrogen-bond donors (Lipinski definition) is 1. The topological polar surface area (TPSA) is 67.9 Å². The molecule has 0 aliphatic heterocycles. The van der Waals surface area contributed by atoms with Gasteiger partial charge in [0.25, 0.3) is 5.91 Å². The number of carbonyl (C=O) groups is 2. The molecule has 2 aromatic rings. The molecule has 0 aliphatic rings. The SMILES string of the molecule is C=CCOc1ccc(C(=O)N(CCC)CC(=O)Nc2ccccc2C)cc1OC. The highest BCUT2D eigenvalue weighted by atomic mass is 16.5. The van der Waals surface area contributed by atoms with Gasteiger partial charge < -0.3 is 19.7 Å². The molecule has 29 heavy (non-hydrogen) atoms. The second-order valence-corrected chi connectivity index (χ2v) is 6.56. The van der Waals surface area contributed by atoms with E-state index in [1.165, 1.54) is 12.0 Å². The standard InChI is InChI=1S/C23H28N2O4/c1-5-13-25(16-22(26)24-19-10-8-7-9-17(19)3)23(27)18-11-12-20(29-14-6-2)21(15-18)28-4/h6-12,15H,2,5,13-14,16H2,1,3-4H3,(H,24,26). The molecular formula is C23H28N2O4. The summed E-state index contributed by atoms with van der Waals surface area (Å²) in [6, 6.07) is 12.5. The number of methoxy groups -OCH3 is 1. The number of hydrogen-bond acceptors (Lipinski definition) is 4. The molecule has 0 spiro atoms. The maximum absolute atomic E-state index is 13.0. The Morgan fingerprint density at radius 3 is 2.59 bits per heavy atom. The summed E-state index contributed by atoms with van der Waals surface area (Å²) in [7, 11) is 1.52. The van der Waals surface area contributed by atoms with Gasteiger partial charge in [-0.3, -0.25) is 9.59 Å². The zero-order valence-electron chi connectivity index (χ0n) is 17.2. The van der Waals surface area contributed by atoms with Crippen LogP contribution in [-0.2, 0) is 4.79 Å². The summed E-state index contributed by atoms with van der Waals surface area (Å²) in [4.78, 5) is 27.1. The van der Waals surface area contributed by atoms with Crippen molar-refractivity contribution in [1.29, 1.82) is 0 Å². The van der Waals surface area contributed by atoms with E-state index in [1.807, 2.05) is 38.1 Å². The van der Waals surface area contributed by atoms with E-state index in [-0.39, 0.29) is 18.4 Å². The van der Waals surface area contributed by atoms with Gasteiger partial charge in [0.15, 0.2) is 11.5 Å². The molecule has 0 unspecified atom stereocenters. The van der Waals surface area contributed by atoms with Crippen LogP contribution in [0.2, 0.25) is 0 Å². The Bertz CT molecular complexity index is 864. The van der Waals surface area contributed by atoms with Gasteiger partial charge in [0.2, 0.25) is 5.91 Å². The van der Waals surface area contributed by atoms with Crippen molar-refractivity contribution < 1.29 is 19.1 Å². The van der Waals surface area contributed by atoms with Crippen molar-refractivity contribution in [2.24, 2.45) is 0 Å². The van der Waals surface area contributed by atoms with E-state index in [9.17, 15) is 9.59 Å². The van der Waals surface area contributed by atoms with Gasteiger partial charge in [-0.2, -0.15) is 0 Å². The fourth-order valence-corrected chi connectivity index (χ4v) is 2.85. The number of ether oxygens (including phenoxy) is 2. The summed E-state index contributed by atoms with van der Waals surface area (Å²) in [5.41, 5.74) is 2.14. The van der Waals surface area contributed by atoms with E-state index in [0.29, 0.717) is 30.2 Å². The van der Waals surface area contributed by atoms with Crippen LogP contribution in [0.25, 0.3) is 0 Å². The lowest BCUT2D eigenvalue weighted by molar-refractivity contribution is -0.116. The lowest BCUT2D eigenvalue weighted by atomic mass is 10.1. The number of carbonyl (C=O) groups excluding carboxylic acids is 2. The minimum absolute atomic E-state index is 0.0297. The Balaban J connectivity index is 2.15. The Hall–Kier alpha value is -3.28. The van der Waals surface area contributed by atoms with Gasteiger partial charge in [0.05, 0.1) is 7.11 Å². The molecule has 2 amide bonds. The monoisotopic (exact) mass is 396 g/mol. The summed E-state index contributed by atoms with van der Waals surface area (Å²) in [6.07, 6.45) is 2.37. The minimum Gasteiger partial charge on any atom is -0.493 e. The molecule has 2 aromatic carbocycles. The largest absolute Gasteiger partial charge is 0.493 e. The number of aryl methyl sites for hydroxylation is 1. The predicted molar refractivity (Wildman–Crippen MR) is 115 cm³/mol. The number of rotatable bonds is 10. The van der Waals surface area contributed by atoms with Gasteiger partial charge in [-0.15, -0.1) is 0 Å². The molecule has 0 saturated heterocycles. The molecule has 0 bridgehead atoms. The van der Waals surface area contributed by atoms with E-state index in [2.05, 4.69) is 11.9 Å². The molecular weight excluding hydrogens is 368 g/mol. The molecule has 0 aliphatic carbocycles. The molecule has 0 aromatic heterocycles. The van der Waals surface area contributed by atoms with Crippen molar-refractivity contribution in [3.05, 3.63) is 66.2 Å². The Morgan fingerprint density at radius 2 is 1.93 bits per heavy atom. The Kier molecular flexibility index (Phi) is 8.27. The summed E-state index contributed by atoms with van der Waals surface area (Å²) < 4.78 is 10.9. The van der Waals surface area contributed by atoms with Crippen LogP contribution in [0.1, 0.15) is 29.3 Å². The van der Waals surface area contributed by atoms with Crippen LogP contribution < -0.4 is 14.8 Å². The third-order valence-corrected chi connectivity index (χ3v) is 4.30. The van der Waals surface area contributed by atoms with Crippen LogP contribution in [0.3, 0.4) is 0 Å². The third-order valence-electron chi connectivity index (χ3n) is 4.30. The highest BCUT2D eigenvalue weighted by Crippen LogP contribution is 2.28. The summed E-state index contributed by atoms with van der Waals surface area (Å²) in [5, 5.41) is 2.87. The Morgan fingerprint density at radius 1 is 1.17 bits per heavy atom. The fraction of sp³-hybridized carbons (Fsp3) is 0.304. The van der Waals surface area contributed by atoms with Crippen molar-refractivity contribution in [3.63, 3.8) is 0 Å². The Labute approximate surface area is 172 Å². The highest BCUT2D eigenvalue weighted by Gasteiger charge is 2.20. The maximum atomic E-state index is 13.0. The first kappa shape index (κ1) is 22.0. The molecule has 154 valence electrons. The predicted octanol–water partition coefficient (Wildman–Crippen LogP) is 4.06. The van der Waals surface area contributed by atoms with Crippen molar-refractivity contribution >= 4 is 17.5 Å². The molecule has 0 saturated carbocycles. The number of benzene rings is 2. The minimum atomic E-state index is -0.237.